The van der Waals surface area contributed by atoms with Crippen molar-refractivity contribution in [3.05, 3.63) is 17.7 Å². The van der Waals surface area contributed by atoms with Crippen molar-refractivity contribution in [2.75, 3.05) is 11.9 Å². The zero-order chi connectivity index (χ0) is 15.4. The Balaban J connectivity index is 2.11. The van der Waals surface area contributed by atoms with Crippen molar-refractivity contribution >= 4 is 5.82 Å². The summed E-state index contributed by atoms with van der Waals surface area (Å²) in [5.74, 6) is -0.342. The normalized spacial score (nSPS) is 25.7. The molecule has 1 saturated carbocycles. The fraction of sp³-hybridized carbons (Fsp3) is 0.688. The summed E-state index contributed by atoms with van der Waals surface area (Å²) in [6.07, 6.45) is 3.74. The molecule has 0 radical (unpaired) electrons. The average Bonchev–Trinajstić information content (AvgIpc) is 2.39. The van der Waals surface area contributed by atoms with Crippen LogP contribution in [0.25, 0.3) is 0 Å². The van der Waals surface area contributed by atoms with Crippen LogP contribution >= 0.6 is 0 Å². The molecule has 1 aromatic heterocycles. The van der Waals surface area contributed by atoms with Gasteiger partial charge in [0.05, 0.1) is 0 Å². The van der Waals surface area contributed by atoms with E-state index in [4.69, 9.17) is 4.74 Å². The number of aromatic nitrogens is 1. The van der Waals surface area contributed by atoms with E-state index in [0.717, 1.165) is 25.3 Å². The molecule has 118 valence electrons. The summed E-state index contributed by atoms with van der Waals surface area (Å²) in [6, 6.07) is 0.843. The molecule has 2 atom stereocenters. The molecule has 0 bridgehead atoms. The second kappa shape index (κ2) is 7.05. The largest absolute Gasteiger partial charge is 0.472 e. The van der Waals surface area contributed by atoms with Crippen molar-refractivity contribution in [1.29, 1.82) is 0 Å². The molecular weight excluding hydrogens is 274 g/mol. The third-order valence-electron chi connectivity index (χ3n) is 3.85. The number of halogens is 2. The van der Waals surface area contributed by atoms with Crippen LogP contribution in [0.3, 0.4) is 0 Å². The van der Waals surface area contributed by atoms with Gasteiger partial charge in [-0.15, -0.1) is 0 Å². The maximum Gasteiger partial charge on any atom is 0.252 e. The maximum atomic E-state index is 13.8. The molecule has 0 saturated heterocycles. The van der Waals surface area contributed by atoms with Crippen molar-refractivity contribution in [3.63, 3.8) is 0 Å². The second-order valence-corrected chi connectivity index (χ2v) is 6.19. The van der Waals surface area contributed by atoms with Crippen molar-refractivity contribution in [2.24, 2.45) is 11.8 Å². The molecule has 1 heterocycles. The van der Waals surface area contributed by atoms with E-state index in [-0.39, 0.29) is 17.8 Å². The monoisotopic (exact) mass is 298 g/mol. The van der Waals surface area contributed by atoms with Gasteiger partial charge in [0.15, 0.2) is 17.5 Å². The van der Waals surface area contributed by atoms with Crippen LogP contribution in [0.5, 0.6) is 5.88 Å². The van der Waals surface area contributed by atoms with Crippen molar-refractivity contribution in [1.82, 2.24) is 4.98 Å². The van der Waals surface area contributed by atoms with Gasteiger partial charge in [0.1, 0.15) is 6.10 Å². The van der Waals surface area contributed by atoms with Crippen molar-refractivity contribution in [3.8, 4) is 5.88 Å². The summed E-state index contributed by atoms with van der Waals surface area (Å²) in [7, 11) is 0. The van der Waals surface area contributed by atoms with E-state index in [1.807, 2.05) is 6.92 Å². The number of nitrogens with zero attached hydrogens (tertiary/aromatic N) is 1. The number of hydrogen-bond donors (Lipinski definition) is 1. The van der Waals surface area contributed by atoms with Gasteiger partial charge in [-0.25, -0.2) is 8.78 Å². The zero-order valence-electron chi connectivity index (χ0n) is 13.0. The summed E-state index contributed by atoms with van der Waals surface area (Å²) in [4.78, 5) is 3.97. The predicted molar refractivity (Wildman–Crippen MR) is 79.5 cm³/mol. The summed E-state index contributed by atoms with van der Waals surface area (Å²) >= 11 is 0. The summed E-state index contributed by atoms with van der Waals surface area (Å²) in [5, 5.41) is 2.85. The third kappa shape index (κ3) is 4.29. The molecule has 0 aromatic carbocycles. The first-order chi connectivity index (χ1) is 9.99. The van der Waals surface area contributed by atoms with Crippen LogP contribution < -0.4 is 10.1 Å². The van der Waals surface area contributed by atoms with E-state index >= 15 is 0 Å². The number of nitrogens with one attached hydrogen (secondary N) is 1. The highest BCUT2D eigenvalue weighted by Gasteiger charge is 2.27. The van der Waals surface area contributed by atoms with Crippen molar-refractivity contribution in [2.45, 2.75) is 52.6 Å². The van der Waals surface area contributed by atoms with Gasteiger partial charge in [-0.2, -0.15) is 4.98 Å². The number of hydrogen-bond acceptors (Lipinski definition) is 3. The lowest BCUT2D eigenvalue weighted by Gasteiger charge is -2.31. The molecule has 0 aliphatic heterocycles. The Morgan fingerprint density at radius 2 is 1.86 bits per heavy atom. The Kier molecular flexibility index (Phi) is 5.37. The fourth-order valence-electron chi connectivity index (χ4n) is 3.03. The molecule has 1 fully saturated rings. The number of rotatable bonds is 5. The first-order valence-corrected chi connectivity index (χ1v) is 7.76. The number of anilines is 1. The van der Waals surface area contributed by atoms with Gasteiger partial charge in [-0.3, -0.25) is 0 Å². The van der Waals surface area contributed by atoms with E-state index in [2.05, 4.69) is 24.1 Å². The van der Waals surface area contributed by atoms with E-state index in [1.54, 1.807) is 0 Å². The fourth-order valence-corrected chi connectivity index (χ4v) is 3.03. The number of pyridine rings is 1. The van der Waals surface area contributed by atoms with Gasteiger partial charge >= 0.3 is 0 Å². The molecule has 1 N–H and O–H groups in total. The second-order valence-electron chi connectivity index (χ2n) is 6.19. The highest BCUT2D eigenvalue weighted by Crippen LogP contribution is 2.32. The molecule has 5 heteroatoms. The Hall–Kier alpha value is -1.39. The van der Waals surface area contributed by atoms with Gasteiger partial charge < -0.3 is 10.1 Å². The molecular formula is C16H24F2N2O. The van der Waals surface area contributed by atoms with Crippen LogP contribution in [-0.2, 0) is 0 Å². The smallest absolute Gasteiger partial charge is 0.252 e. The lowest BCUT2D eigenvalue weighted by Crippen LogP contribution is -2.29. The Labute approximate surface area is 125 Å². The molecule has 21 heavy (non-hydrogen) atoms. The molecule has 2 rings (SSSR count). The van der Waals surface area contributed by atoms with E-state index in [9.17, 15) is 8.78 Å². The van der Waals surface area contributed by atoms with Crippen LogP contribution in [0.2, 0.25) is 0 Å². The van der Waals surface area contributed by atoms with Gasteiger partial charge in [0.25, 0.3) is 5.88 Å². The Bertz CT molecular complexity index is 472. The van der Waals surface area contributed by atoms with Gasteiger partial charge in [0, 0.05) is 12.6 Å². The Morgan fingerprint density at radius 3 is 2.48 bits per heavy atom. The first-order valence-electron chi connectivity index (χ1n) is 7.76. The number of ether oxygens (including phenoxy) is 1. The summed E-state index contributed by atoms with van der Waals surface area (Å²) in [5.41, 5.74) is 0. The lowest BCUT2D eigenvalue weighted by molar-refractivity contribution is 0.0923. The van der Waals surface area contributed by atoms with E-state index < -0.39 is 11.6 Å². The average molecular weight is 298 g/mol. The molecule has 1 aliphatic carbocycles. The summed E-state index contributed by atoms with van der Waals surface area (Å²) < 4.78 is 33.2. The molecule has 0 spiro atoms. The summed E-state index contributed by atoms with van der Waals surface area (Å²) in [6.45, 7) is 6.91. The van der Waals surface area contributed by atoms with Gasteiger partial charge in [-0.1, -0.05) is 20.8 Å². The van der Waals surface area contributed by atoms with E-state index in [1.165, 1.54) is 6.42 Å². The highest BCUT2D eigenvalue weighted by molar-refractivity contribution is 5.39. The topological polar surface area (TPSA) is 34.2 Å². The predicted octanol–water partition coefficient (Wildman–Crippen LogP) is 4.39. The van der Waals surface area contributed by atoms with Crippen LogP contribution in [0.15, 0.2) is 6.07 Å². The van der Waals surface area contributed by atoms with Gasteiger partial charge in [-0.05, 0) is 37.5 Å². The zero-order valence-corrected chi connectivity index (χ0v) is 13.0. The minimum atomic E-state index is -0.736. The van der Waals surface area contributed by atoms with Crippen LogP contribution in [0, 0.1) is 23.5 Å². The first kappa shape index (κ1) is 16.0. The highest BCUT2D eigenvalue weighted by atomic mass is 19.1. The van der Waals surface area contributed by atoms with Crippen LogP contribution in [0.1, 0.15) is 46.5 Å². The molecule has 1 aliphatic rings. The van der Waals surface area contributed by atoms with Gasteiger partial charge in [0.2, 0.25) is 0 Å². The maximum absolute atomic E-state index is 13.8. The Morgan fingerprint density at radius 1 is 1.19 bits per heavy atom. The lowest BCUT2D eigenvalue weighted by atomic mass is 9.82. The molecule has 3 nitrogen and oxygen atoms in total. The quantitative estimate of drug-likeness (QED) is 0.875. The standard InChI is InChI=1S/C16H24F2N2O/c1-4-5-19-15-13(17)9-14(18)16(20-15)21-12-7-10(2)6-11(3)8-12/h9-12H,4-8H2,1-3H3,(H,19,20). The molecule has 0 amide bonds. The minimum Gasteiger partial charge on any atom is -0.472 e. The third-order valence-corrected chi connectivity index (χ3v) is 3.85. The molecule has 1 aromatic rings. The minimum absolute atomic E-state index is 0.0461. The van der Waals surface area contributed by atoms with Crippen LogP contribution in [-0.4, -0.2) is 17.6 Å². The van der Waals surface area contributed by atoms with E-state index in [0.29, 0.717) is 18.4 Å². The SMILES string of the molecule is CCCNc1nc(OC2CC(C)CC(C)C2)c(F)cc1F. The molecule has 2 unspecified atom stereocenters. The van der Waals surface area contributed by atoms with Crippen molar-refractivity contribution < 1.29 is 13.5 Å². The van der Waals surface area contributed by atoms with Crippen LogP contribution in [0.4, 0.5) is 14.6 Å².